The van der Waals surface area contributed by atoms with Gasteiger partial charge >= 0.3 is 0 Å². The molecule has 0 bridgehead atoms. The number of aryl methyl sites for hydroxylation is 1. The van der Waals surface area contributed by atoms with Gasteiger partial charge in [0, 0.05) is 37.8 Å². The minimum absolute atomic E-state index is 0.00842. The Labute approximate surface area is 170 Å². The standard InChI is InChI=1S/C23H26FN3O2/c1-15-7-8-27-21(12-25-22(27)9-15)20(18-5-4-6-19(24)10-18)11-23(28)26-13-16(2)29-17(3)14-26/h4-10,12,16-17,20H,11,13-14H2,1-3H3. The molecule has 0 spiro atoms. The summed E-state index contributed by atoms with van der Waals surface area (Å²) in [6.45, 7) is 7.12. The molecule has 1 saturated heterocycles. The van der Waals surface area contributed by atoms with Gasteiger partial charge in [-0.05, 0) is 56.2 Å². The number of carbonyl (C=O) groups is 1. The van der Waals surface area contributed by atoms with Gasteiger partial charge in [0.05, 0.1) is 17.9 Å². The van der Waals surface area contributed by atoms with E-state index in [0.29, 0.717) is 13.1 Å². The van der Waals surface area contributed by atoms with Crippen molar-refractivity contribution in [2.24, 2.45) is 0 Å². The Morgan fingerprint density at radius 3 is 2.72 bits per heavy atom. The molecule has 1 aromatic carbocycles. The van der Waals surface area contributed by atoms with Crippen LogP contribution in [0, 0.1) is 12.7 Å². The molecule has 3 atom stereocenters. The second-order valence-corrected chi connectivity index (χ2v) is 7.98. The number of nitrogens with zero attached hydrogens (tertiary/aromatic N) is 3. The van der Waals surface area contributed by atoms with Crippen molar-refractivity contribution in [3.05, 3.63) is 71.4 Å². The molecule has 29 heavy (non-hydrogen) atoms. The SMILES string of the molecule is Cc1ccn2c(C(CC(=O)N3CC(C)OC(C)C3)c3cccc(F)c3)cnc2c1. The number of morpholine rings is 1. The molecule has 6 heteroatoms. The van der Waals surface area contributed by atoms with Crippen LogP contribution in [0.3, 0.4) is 0 Å². The number of benzene rings is 1. The van der Waals surface area contributed by atoms with Crippen LogP contribution < -0.4 is 0 Å². The molecular formula is C23H26FN3O2. The summed E-state index contributed by atoms with van der Waals surface area (Å²) < 4.78 is 21.7. The number of carbonyl (C=O) groups excluding carboxylic acids is 1. The molecule has 4 rings (SSSR count). The van der Waals surface area contributed by atoms with Crippen LogP contribution in [0.5, 0.6) is 0 Å². The summed E-state index contributed by atoms with van der Waals surface area (Å²) >= 11 is 0. The number of amides is 1. The normalized spacial score (nSPS) is 20.8. The number of hydrogen-bond acceptors (Lipinski definition) is 3. The number of fused-ring (bicyclic) bond motifs is 1. The average Bonchev–Trinajstić information content (AvgIpc) is 3.07. The first kappa shape index (κ1) is 19.6. The van der Waals surface area contributed by atoms with Crippen molar-refractivity contribution >= 4 is 11.6 Å². The van der Waals surface area contributed by atoms with Crippen LogP contribution in [-0.2, 0) is 9.53 Å². The number of pyridine rings is 1. The van der Waals surface area contributed by atoms with E-state index in [1.807, 2.05) is 54.5 Å². The summed E-state index contributed by atoms with van der Waals surface area (Å²) in [7, 11) is 0. The fourth-order valence-corrected chi connectivity index (χ4v) is 4.16. The molecule has 0 N–H and O–H groups in total. The molecule has 3 unspecified atom stereocenters. The number of aromatic nitrogens is 2. The van der Waals surface area contributed by atoms with Gasteiger partial charge in [0.2, 0.25) is 5.91 Å². The third-order valence-electron chi connectivity index (χ3n) is 5.46. The second-order valence-electron chi connectivity index (χ2n) is 7.98. The highest BCUT2D eigenvalue weighted by Crippen LogP contribution is 2.30. The van der Waals surface area contributed by atoms with Crippen LogP contribution in [0.1, 0.15) is 43.0 Å². The first-order valence-corrected chi connectivity index (χ1v) is 10.0. The van der Waals surface area contributed by atoms with Gasteiger partial charge in [-0.3, -0.25) is 4.79 Å². The van der Waals surface area contributed by atoms with Crippen molar-refractivity contribution in [1.82, 2.24) is 14.3 Å². The molecule has 1 aliphatic heterocycles. The maximum absolute atomic E-state index is 14.0. The van der Waals surface area contributed by atoms with Gasteiger partial charge in [-0.1, -0.05) is 12.1 Å². The zero-order valence-electron chi connectivity index (χ0n) is 17.0. The fourth-order valence-electron chi connectivity index (χ4n) is 4.16. The molecule has 0 aliphatic carbocycles. The lowest BCUT2D eigenvalue weighted by Gasteiger charge is -2.36. The van der Waals surface area contributed by atoms with E-state index in [-0.39, 0.29) is 36.3 Å². The number of hydrogen-bond donors (Lipinski definition) is 0. The minimum Gasteiger partial charge on any atom is -0.372 e. The zero-order chi connectivity index (χ0) is 20.5. The van der Waals surface area contributed by atoms with Gasteiger partial charge in [0.1, 0.15) is 11.5 Å². The van der Waals surface area contributed by atoms with E-state index < -0.39 is 0 Å². The lowest BCUT2D eigenvalue weighted by atomic mass is 9.91. The molecular weight excluding hydrogens is 369 g/mol. The molecule has 1 fully saturated rings. The number of halogens is 1. The molecule has 1 aliphatic rings. The van der Waals surface area contributed by atoms with Crippen LogP contribution in [0.4, 0.5) is 4.39 Å². The summed E-state index contributed by atoms with van der Waals surface area (Å²) in [5.41, 5.74) is 3.59. The van der Waals surface area contributed by atoms with E-state index in [9.17, 15) is 9.18 Å². The average molecular weight is 395 g/mol. The third kappa shape index (κ3) is 4.17. The smallest absolute Gasteiger partial charge is 0.223 e. The first-order valence-electron chi connectivity index (χ1n) is 10.0. The van der Waals surface area contributed by atoms with Gasteiger partial charge < -0.3 is 14.0 Å². The summed E-state index contributed by atoms with van der Waals surface area (Å²) in [5.74, 6) is -0.550. The van der Waals surface area contributed by atoms with E-state index in [0.717, 1.165) is 22.5 Å². The number of rotatable bonds is 4. The van der Waals surface area contributed by atoms with Crippen LogP contribution >= 0.6 is 0 Å². The summed E-state index contributed by atoms with van der Waals surface area (Å²) in [6, 6.07) is 10.5. The molecule has 0 radical (unpaired) electrons. The van der Waals surface area contributed by atoms with Crippen molar-refractivity contribution in [3.63, 3.8) is 0 Å². The van der Waals surface area contributed by atoms with Crippen molar-refractivity contribution in [1.29, 1.82) is 0 Å². The predicted molar refractivity (Wildman–Crippen MR) is 109 cm³/mol. The van der Waals surface area contributed by atoms with Crippen molar-refractivity contribution in [2.75, 3.05) is 13.1 Å². The summed E-state index contributed by atoms with van der Waals surface area (Å²) in [5, 5.41) is 0. The van der Waals surface area contributed by atoms with Gasteiger partial charge in [-0.25, -0.2) is 9.37 Å². The van der Waals surface area contributed by atoms with E-state index in [1.165, 1.54) is 12.1 Å². The Balaban J connectivity index is 1.70. The highest BCUT2D eigenvalue weighted by molar-refractivity contribution is 5.78. The maximum Gasteiger partial charge on any atom is 0.223 e. The fraction of sp³-hybridized carbons (Fsp3) is 0.391. The van der Waals surface area contributed by atoms with Crippen LogP contribution in [0.25, 0.3) is 5.65 Å². The topological polar surface area (TPSA) is 46.8 Å². The van der Waals surface area contributed by atoms with Gasteiger partial charge in [-0.2, -0.15) is 0 Å². The highest BCUT2D eigenvalue weighted by Gasteiger charge is 2.29. The Hall–Kier alpha value is -2.73. The van der Waals surface area contributed by atoms with E-state index in [2.05, 4.69) is 4.98 Å². The Morgan fingerprint density at radius 1 is 1.24 bits per heavy atom. The summed E-state index contributed by atoms with van der Waals surface area (Å²) in [4.78, 5) is 19.6. The van der Waals surface area contributed by atoms with Gasteiger partial charge in [-0.15, -0.1) is 0 Å². The molecule has 2 aromatic heterocycles. The highest BCUT2D eigenvalue weighted by atomic mass is 19.1. The second kappa shape index (κ2) is 7.95. The lowest BCUT2D eigenvalue weighted by molar-refractivity contribution is -0.143. The Kier molecular flexibility index (Phi) is 5.37. The van der Waals surface area contributed by atoms with E-state index >= 15 is 0 Å². The van der Waals surface area contributed by atoms with Crippen molar-refractivity contribution in [2.45, 2.75) is 45.3 Å². The lowest BCUT2D eigenvalue weighted by Crippen LogP contribution is -2.48. The largest absolute Gasteiger partial charge is 0.372 e. The molecule has 152 valence electrons. The number of ether oxygens (including phenoxy) is 1. The van der Waals surface area contributed by atoms with Crippen LogP contribution in [0.15, 0.2) is 48.8 Å². The van der Waals surface area contributed by atoms with Crippen molar-refractivity contribution < 1.29 is 13.9 Å². The molecule has 3 heterocycles. The van der Waals surface area contributed by atoms with Crippen LogP contribution in [0.2, 0.25) is 0 Å². The van der Waals surface area contributed by atoms with Crippen LogP contribution in [-0.4, -0.2) is 45.5 Å². The Morgan fingerprint density at radius 2 is 2.00 bits per heavy atom. The number of imidazole rings is 1. The third-order valence-corrected chi connectivity index (χ3v) is 5.46. The predicted octanol–water partition coefficient (Wildman–Crippen LogP) is 3.94. The van der Waals surface area contributed by atoms with Gasteiger partial charge in [0.15, 0.2) is 0 Å². The zero-order valence-corrected chi connectivity index (χ0v) is 17.0. The maximum atomic E-state index is 14.0. The van der Waals surface area contributed by atoms with E-state index in [4.69, 9.17) is 4.74 Å². The monoisotopic (exact) mass is 395 g/mol. The molecule has 0 saturated carbocycles. The molecule has 5 nitrogen and oxygen atoms in total. The summed E-state index contributed by atoms with van der Waals surface area (Å²) in [6.07, 6.45) is 4.03. The molecule has 3 aromatic rings. The first-order chi connectivity index (χ1) is 13.9. The van der Waals surface area contributed by atoms with Gasteiger partial charge in [0.25, 0.3) is 0 Å². The molecule has 1 amide bonds. The van der Waals surface area contributed by atoms with E-state index in [1.54, 1.807) is 12.3 Å². The quantitative estimate of drug-likeness (QED) is 0.672. The minimum atomic E-state index is -0.307. The Bertz CT molecular complexity index is 1020. The van der Waals surface area contributed by atoms with Crippen molar-refractivity contribution in [3.8, 4) is 0 Å².